The van der Waals surface area contributed by atoms with E-state index in [1.807, 2.05) is 12.1 Å². The molecule has 0 radical (unpaired) electrons. The highest BCUT2D eigenvalue weighted by atomic mass is 32.1. The fourth-order valence-electron chi connectivity index (χ4n) is 3.86. The first-order chi connectivity index (χ1) is 17.9. The number of hydrogen-bond donors (Lipinski definition) is 2. The Bertz CT molecular complexity index is 1770. The van der Waals surface area contributed by atoms with E-state index in [-0.39, 0.29) is 22.5 Å². The summed E-state index contributed by atoms with van der Waals surface area (Å²) in [6, 6.07) is 17.9. The molecule has 6 aromatic heterocycles. The van der Waals surface area contributed by atoms with Crippen molar-refractivity contribution >= 4 is 55.3 Å². The predicted octanol–water partition coefficient (Wildman–Crippen LogP) is 7.27. The van der Waals surface area contributed by atoms with Gasteiger partial charge in [0, 0.05) is 36.4 Å². The van der Waals surface area contributed by atoms with Crippen molar-refractivity contribution in [1.29, 1.82) is 0 Å². The number of carboxylic acid groups (broad SMARTS) is 2. The van der Waals surface area contributed by atoms with Gasteiger partial charge in [0.1, 0.15) is 0 Å². The largest absolute Gasteiger partial charge is 0.478 e. The molecule has 0 aliphatic heterocycles. The van der Waals surface area contributed by atoms with Crippen LogP contribution in [-0.2, 0) is 0 Å². The van der Waals surface area contributed by atoms with E-state index in [2.05, 4.69) is 44.6 Å². The van der Waals surface area contributed by atoms with Crippen LogP contribution in [-0.4, -0.2) is 37.1 Å². The third kappa shape index (κ3) is 4.53. The van der Waals surface area contributed by atoms with Gasteiger partial charge in [-0.1, -0.05) is 6.07 Å². The number of rotatable bonds is 6. The molecular weight excluding hydrogens is 527 g/mol. The first-order valence-corrected chi connectivity index (χ1v) is 13.4. The summed E-state index contributed by atoms with van der Waals surface area (Å²) in [4.78, 5) is 40.1. The molecule has 0 saturated heterocycles. The minimum Gasteiger partial charge on any atom is -0.478 e. The number of carboxylic acids is 2. The fourth-order valence-corrected chi connectivity index (χ4v) is 7.08. The van der Waals surface area contributed by atoms with E-state index >= 15 is 0 Å². The average molecular weight is 542 g/mol. The Balaban J connectivity index is 1.40. The van der Waals surface area contributed by atoms with Crippen LogP contribution in [0, 0.1) is 0 Å². The van der Waals surface area contributed by atoms with Gasteiger partial charge in [0.15, 0.2) is 0 Å². The molecule has 0 unspecified atom stereocenters. The van der Waals surface area contributed by atoms with Crippen LogP contribution >= 0.6 is 34.0 Å². The summed E-state index contributed by atoms with van der Waals surface area (Å²) in [6.07, 6.45) is 3.03. The molecule has 10 heteroatoms. The summed E-state index contributed by atoms with van der Waals surface area (Å²) < 4.78 is 2.42. The quantitative estimate of drug-likeness (QED) is 0.228. The van der Waals surface area contributed by atoms with E-state index in [4.69, 9.17) is 0 Å². The van der Waals surface area contributed by atoms with Gasteiger partial charge in [0.25, 0.3) is 0 Å². The lowest BCUT2D eigenvalue weighted by Gasteiger charge is -2.08. The standard InChI is InChI=1S/C27H15N3O4S3/c31-26(32)15-4-6-29-18(9-15)20-11-16(27(33)34)10-19(30-20)17-8-14(3-5-28-17)22-12-24-25(36-22)13-23(37-24)21-2-1-7-35-21/h1-13H,(H,31,32)(H,33,34). The number of aromatic carboxylic acids is 2. The van der Waals surface area contributed by atoms with Gasteiger partial charge in [0.2, 0.25) is 0 Å². The van der Waals surface area contributed by atoms with Crippen molar-refractivity contribution in [1.82, 2.24) is 15.0 Å². The Morgan fingerprint density at radius 2 is 1.27 bits per heavy atom. The molecule has 0 spiro atoms. The molecule has 0 atom stereocenters. The fraction of sp³-hybridized carbons (Fsp3) is 0. The highest BCUT2D eigenvalue weighted by Gasteiger charge is 2.16. The molecule has 6 rings (SSSR count). The van der Waals surface area contributed by atoms with Crippen LogP contribution in [0.5, 0.6) is 0 Å². The highest BCUT2D eigenvalue weighted by molar-refractivity contribution is 7.32. The first kappa shape index (κ1) is 23.2. The van der Waals surface area contributed by atoms with Crippen LogP contribution in [0.15, 0.2) is 78.4 Å². The van der Waals surface area contributed by atoms with Gasteiger partial charge >= 0.3 is 11.9 Å². The zero-order valence-corrected chi connectivity index (χ0v) is 21.2. The van der Waals surface area contributed by atoms with Crippen LogP contribution in [0.4, 0.5) is 0 Å². The van der Waals surface area contributed by atoms with Gasteiger partial charge in [-0.2, -0.15) is 0 Å². The van der Waals surface area contributed by atoms with Gasteiger partial charge < -0.3 is 10.2 Å². The van der Waals surface area contributed by atoms with Gasteiger partial charge in [0.05, 0.1) is 33.9 Å². The minimum absolute atomic E-state index is 0.00692. The Morgan fingerprint density at radius 1 is 0.649 bits per heavy atom. The van der Waals surface area contributed by atoms with Crippen molar-refractivity contribution in [2.45, 2.75) is 0 Å². The lowest BCUT2D eigenvalue weighted by Crippen LogP contribution is -2.02. The molecule has 180 valence electrons. The van der Waals surface area contributed by atoms with E-state index < -0.39 is 11.9 Å². The summed E-state index contributed by atoms with van der Waals surface area (Å²) in [5, 5.41) is 21.1. The summed E-state index contributed by atoms with van der Waals surface area (Å²) in [5.74, 6) is -2.23. The summed E-state index contributed by atoms with van der Waals surface area (Å²) >= 11 is 5.17. The molecule has 6 aromatic rings. The van der Waals surface area contributed by atoms with Crippen LogP contribution in [0.1, 0.15) is 20.7 Å². The van der Waals surface area contributed by atoms with Gasteiger partial charge in [-0.3, -0.25) is 9.97 Å². The second-order valence-electron chi connectivity index (χ2n) is 8.02. The second-order valence-corrected chi connectivity index (χ2v) is 11.1. The maximum atomic E-state index is 11.9. The molecule has 37 heavy (non-hydrogen) atoms. The first-order valence-electron chi connectivity index (χ1n) is 10.9. The number of carbonyl (C=O) groups is 2. The third-order valence-corrected chi connectivity index (χ3v) is 9.03. The number of nitrogens with zero attached hydrogens (tertiary/aromatic N) is 3. The van der Waals surface area contributed by atoms with Crippen molar-refractivity contribution in [2.24, 2.45) is 0 Å². The van der Waals surface area contributed by atoms with Crippen LogP contribution in [0.2, 0.25) is 0 Å². The Morgan fingerprint density at radius 3 is 1.95 bits per heavy atom. The van der Waals surface area contributed by atoms with E-state index in [0.717, 1.165) is 10.4 Å². The molecule has 0 saturated carbocycles. The summed E-state index contributed by atoms with van der Waals surface area (Å²) in [5.41, 5.74) is 2.38. The van der Waals surface area contributed by atoms with Crippen LogP contribution in [0.25, 0.3) is 52.4 Å². The smallest absolute Gasteiger partial charge is 0.335 e. The van der Waals surface area contributed by atoms with E-state index in [1.165, 1.54) is 49.6 Å². The number of pyridine rings is 3. The maximum Gasteiger partial charge on any atom is 0.335 e. The van der Waals surface area contributed by atoms with E-state index in [9.17, 15) is 19.8 Å². The average Bonchev–Trinajstić information content (AvgIpc) is 3.65. The molecule has 0 aliphatic carbocycles. The topological polar surface area (TPSA) is 113 Å². The highest BCUT2D eigenvalue weighted by Crippen LogP contribution is 2.43. The minimum atomic E-state index is -1.13. The lowest BCUT2D eigenvalue weighted by atomic mass is 10.1. The Labute approximate surface area is 222 Å². The van der Waals surface area contributed by atoms with Gasteiger partial charge in [-0.15, -0.1) is 34.0 Å². The molecule has 0 aromatic carbocycles. The van der Waals surface area contributed by atoms with Crippen molar-refractivity contribution in [3.8, 4) is 43.0 Å². The molecular formula is C27H15N3O4S3. The Hall–Kier alpha value is -4.25. The van der Waals surface area contributed by atoms with Gasteiger partial charge in [-0.25, -0.2) is 14.6 Å². The monoisotopic (exact) mass is 541 g/mol. The molecule has 0 aliphatic rings. The molecule has 6 heterocycles. The predicted molar refractivity (Wildman–Crippen MR) is 147 cm³/mol. The van der Waals surface area contributed by atoms with Crippen molar-refractivity contribution in [3.05, 3.63) is 89.6 Å². The lowest BCUT2D eigenvalue weighted by molar-refractivity contribution is 0.0686. The third-order valence-electron chi connectivity index (χ3n) is 5.62. The molecule has 7 nitrogen and oxygen atoms in total. The zero-order chi connectivity index (χ0) is 25.5. The number of hydrogen-bond acceptors (Lipinski definition) is 8. The van der Waals surface area contributed by atoms with E-state index in [1.54, 1.807) is 40.2 Å². The second kappa shape index (κ2) is 9.32. The maximum absolute atomic E-state index is 11.9. The number of fused-ring (bicyclic) bond motifs is 1. The van der Waals surface area contributed by atoms with Crippen molar-refractivity contribution in [2.75, 3.05) is 0 Å². The van der Waals surface area contributed by atoms with Crippen molar-refractivity contribution < 1.29 is 19.8 Å². The number of aromatic nitrogens is 3. The van der Waals surface area contributed by atoms with Crippen molar-refractivity contribution in [3.63, 3.8) is 0 Å². The summed E-state index contributed by atoms with van der Waals surface area (Å²) in [6.45, 7) is 0. The molecule has 0 fully saturated rings. The SMILES string of the molecule is O=C(O)c1ccnc(-c2cc(C(=O)O)cc(-c3cc(-c4cc5sc(-c6cccs6)cc5s4)ccn3)n2)c1. The van der Waals surface area contributed by atoms with E-state index in [0.29, 0.717) is 11.4 Å². The molecule has 2 N–H and O–H groups in total. The normalized spacial score (nSPS) is 11.1. The number of thiophene rings is 3. The zero-order valence-electron chi connectivity index (χ0n) is 18.8. The van der Waals surface area contributed by atoms with Crippen LogP contribution in [0.3, 0.4) is 0 Å². The van der Waals surface area contributed by atoms with Crippen LogP contribution < -0.4 is 0 Å². The van der Waals surface area contributed by atoms with Gasteiger partial charge in [-0.05, 0) is 65.5 Å². The molecule has 0 amide bonds. The summed E-state index contributed by atoms with van der Waals surface area (Å²) in [7, 11) is 0. The Kier molecular flexibility index (Phi) is 5.84. The molecule has 0 bridgehead atoms.